The SMILES string of the molecule is CC[C@H](C)[C@H](NC(=O)CN1CCCCCC1)C(=O)O. The van der Waals surface area contributed by atoms with Crippen molar-refractivity contribution < 1.29 is 14.7 Å². The Morgan fingerprint density at radius 1 is 1.21 bits per heavy atom. The Morgan fingerprint density at radius 2 is 1.79 bits per heavy atom. The molecule has 5 nitrogen and oxygen atoms in total. The van der Waals surface area contributed by atoms with Crippen LogP contribution in [0.25, 0.3) is 0 Å². The molecule has 0 aromatic heterocycles. The van der Waals surface area contributed by atoms with Crippen molar-refractivity contribution in [2.75, 3.05) is 19.6 Å². The minimum absolute atomic E-state index is 0.0504. The summed E-state index contributed by atoms with van der Waals surface area (Å²) in [4.78, 5) is 25.2. The normalized spacial score (nSPS) is 20.3. The summed E-state index contributed by atoms with van der Waals surface area (Å²) in [6.07, 6.45) is 5.44. The lowest BCUT2D eigenvalue weighted by atomic mass is 9.99. The number of nitrogens with zero attached hydrogens (tertiary/aromatic N) is 1. The number of hydrogen-bond acceptors (Lipinski definition) is 3. The van der Waals surface area contributed by atoms with Gasteiger partial charge in [-0.2, -0.15) is 0 Å². The Kier molecular flexibility index (Phi) is 6.84. The molecule has 1 aliphatic heterocycles. The minimum Gasteiger partial charge on any atom is -0.480 e. The smallest absolute Gasteiger partial charge is 0.326 e. The van der Waals surface area contributed by atoms with Crippen LogP contribution in [-0.4, -0.2) is 47.6 Å². The van der Waals surface area contributed by atoms with E-state index in [9.17, 15) is 9.59 Å². The summed E-state index contributed by atoms with van der Waals surface area (Å²) >= 11 is 0. The summed E-state index contributed by atoms with van der Waals surface area (Å²) in [7, 11) is 0. The molecule has 0 aromatic carbocycles. The van der Waals surface area contributed by atoms with Gasteiger partial charge in [0.2, 0.25) is 5.91 Å². The van der Waals surface area contributed by atoms with E-state index in [1.165, 1.54) is 12.8 Å². The highest BCUT2D eigenvalue weighted by atomic mass is 16.4. The molecule has 0 aliphatic carbocycles. The van der Waals surface area contributed by atoms with Gasteiger partial charge in [0.25, 0.3) is 0 Å². The Balaban J connectivity index is 2.45. The molecule has 2 atom stereocenters. The number of amides is 1. The average Bonchev–Trinajstić information content (AvgIpc) is 2.63. The Hall–Kier alpha value is -1.10. The standard InChI is InChI=1S/C14H26N2O3/c1-3-11(2)13(14(18)19)15-12(17)10-16-8-6-4-5-7-9-16/h11,13H,3-10H2,1-2H3,(H,15,17)(H,18,19)/t11-,13-/m0/s1. The van der Waals surface area contributed by atoms with Crippen LogP contribution in [0.15, 0.2) is 0 Å². The van der Waals surface area contributed by atoms with Crippen LogP contribution in [0.5, 0.6) is 0 Å². The van der Waals surface area contributed by atoms with Crippen LogP contribution in [0, 0.1) is 5.92 Å². The van der Waals surface area contributed by atoms with E-state index in [1.807, 2.05) is 13.8 Å². The van der Waals surface area contributed by atoms with E-state index in [4.69, 9.17) is 5.11 Å². The zero-order valence-corrected chi connectivity index (χ0v) is 12.0. The van der Waals surface area contributed by atoms with Crippen LogP contribution in [-0.2, 0) is 9.59 Å². The van der Waals surface area contributed by atoms with Gasteiger partial charge in [-0.25, -0.2) is 4.79 Å². The van der Waals surface area contributed by atoms with Crippen LogP contribution in [0.3, 0.4) is 0 Å². The molecule has 110 valence electrons. The second-order valence-electron chi connectivity index (χ2n) is 5.46. The van der Waals surface area contributed by atoms with Crippen LogP contribution in [0.2, 0.25) is 0 Å². The molecule has 0 aromatic rings. The van der Waals surface area contributed by atoms with Gasteiger partial charge in [-0.05, 0) is 31.8 Å². The van der Waals surface area contributed by atoms with Crippen LogP contribution in [0.1, 0.15) is 46.0 Å². The van der Waals surface area contributed by atoms with E-state index in [0.717, 1.165) is 32.4 Å². The molecule has 0 bridgehead atoms. The van der Waals surface area contributed by atoms with Crippen molar-refractivity contribution in [1.82, 2.24) is 10.2 Å². The largest absolute Gasteiger partial charge is 0.480 e. The van der Waals surface area contributed by atoms with Crippen LogP contribution >= 0.6 is 0 Å². The van der Waals surface area contributed by atoms with Crippen molar-refractivity contribution in [2.24, 2.45) is 5.92 Å². The van der Waals surface area contributed by atoms with Gasteiger partial charge in [-0.1, -0.05) is 33.1 Å². The third kappa shape index (κ3) is 5.59. The first kappa shape index (κ1) is 16.0. The Bertz CT molecular complexity index is 299. The van der Waals surface area contributed by atoms with E-state index in [-0.39, 0.29) is 11.8 Å². The van der Waals surface area contributed by atoms with E-state index in [1.54, 1.807) is 0 Å². The molecule has 1 aliphatic rings. The lowest BCUT2D eigenvalue weighted by Gasteiger charge is -2.23. The zero-order valence-electron chi connectivity index (χ0n) is 12.0. The number of carbonyl (C=O) groups excluding carboxylic acids is 1. The van der Waals surface area contributed by atoms with E-state index >= 15 is 0 Å². The summed E-state index contributed by atoms with van der Waals surface area (Å²) in [5, 5.41) is 11.8. The van der Waals surface area contributed by atoms with Crippen LogP contribution in [0.4, 0.5) is 0 Å². The van der Waals surface area contributed by atoms with Crippen molar-refractivity contribution in [3.63, 3.8) is 0 Å². The maximum absolute atomic E-state index is 11.9. The zero-order chi connectivity index (χ0) is 14.3. The molecule has 0 spiro atoms. The van der Waals surface area contributed by atoms with E-state index in [2.05, 4.69) is 10.2 Å². The molecule has 1 saturated heterocycles. The van der Waals surface area contributed by atoms with Crippen LogP contribution < -0.4 is 5.32 Å². The van der Waals surface area contributed by atoms with Crippen molar-refractivity contribution >= 4 is 11.9 Å². The lowest BCUT2D eigenvalue weighted by molar-refractivity contribution is -0.143. The number of carboxylic acids is 1. The molecule has 2 N–H and O–H groups in total. The fraction of sp³-hybridized carbons (Fsp3) is 0.857. The van der Waals surface area contributed by atoms with Gasteiger partial charge < -0.3 is 10.4 Å². The van der Waals surface area contributed by atoms with E-state index < -0.39 is 12.0 Å². The summed E-state index contributed by atoms with van der Waals surface area (Å²) in [5.74, 6) is -1.17. The second kappa shape index (κ2) is 8.15. The highest BCUT2D eigenvalue weighted by molar-refractivity contribution is 5.84. The number of hydrogen-bond donors (Lipinski definition) is 2. The maximum Gasteiger partial charge on any atom is 0.326 e. The van der Waals surface area contributed by atoms with Crippen molar-refractivity contribution in [2.45, 2.75) is 52.0 Å². The molecule has 0 unspecified atom stereocenters. The fourth-order valence-electron chi connectivity index (χ4n) is 2.40. The molecule has 0 radical (unpaired) electrons. The second-order valence-corrected chi connectivity index (χ2v) is 5.46. The summed E-state index contributed by atoms with van der Waals surface area (Å²) in [6, 6.07) is -0.774. The summed E-state index contributed by atoms with van der Waals surface area (Å²) < 4.78 is 0. The first-order valence-electron chi connectivity index (χ1n) is 7.29. The Morgan fingerprint density at radius 3 is 2.26 bits per heavy atom. The topological polar surface area (TPSA) is 69.6 Å². The molecule has 1 heterocycles. The molecule has 5 heteroatoms. The first-order valence-corrected chi connectivity index (χ1v) is 7.29. The number of nitrogens with one attached hydrogen (secondary N) is 1. The molecular formula is C14H26N2O3. The van der Waals surface area contributed by atoms with Gasteiger partial charge in [-0.3, -0.25) is 9.69 Å². The predicted octanol–water partition coefficient (Wildman–Crippen LogP) is 1.48. The first-order chi connectivity index (χ1) is 9.04. The van der Waals surface area contributed by atoms with Gasteiger partial charge in [0.1, 0.15) is 6.04 Å². The van der Waals surface area contributed by atoms with Gasteiger partial charge >= 0.3 is 5.97 Å². The van der Waals surface area contributed by atoms with Gasteiger partial charge in [0.15, 0.2) is 0 Å². The molecular weight excluding hydrogens is 244 g/mol. The van der Waals surface area contributed by atoms with Crippen molar-refractivity contribution in [3.05, 3.63) is 0 Å². The van der Waals surface area contributed by atoms with Gasteiger partial charge in [0, 0.05) is 0 Å². The van der Waals surface area contributed by atoms with Crippen molar-refractivity contribution in [1.29, 1.82) is 0 Å². The Labute approximate surface area is 115 Å². The quantitative estimate of drug-likeness (QED) is 0.767. The highest BCUT2D eigenvalue weighted by Crippen LogP contribution is 2.10. The number of carboxylic acid groups (broad SMARTS) is 1. The van der Waals surface area contributed by atoms with Gasteiger partial charge in [0.05, 0.1) is 6.54 Å². The van der Waals surface area contributed by atoms with E-state index in [0.29, 0.717) is 6.54 Å². The number of rotatable bonds is 6. The number of likely N-dealkylation sites (tertiary alicyclic amines) is 1. The number of carbonyl (C=O) groups is 2. The third-order valence-corrected chi connectivity index (χ3v) is 3.86. The predicted molar refractivity (Wildman–Crippen MR) is 73.9 cm³/mol. The highest BCUT2D eigenvalue weighted by Gasteiger charge is 2.25. The maximum atomic E-state index is 11.9. The van der Waals surface area contributed by atoms with Crippen molar-refractivity contribution in [3.8, 4) is 0 Å². The lowest BCUT2D eigenvalue weighted by Crippen LogP contribution is -2.48. The molecule has 1 amide bonds. The molecule has 1 rings (SSSR count). The number of aliphatic carboxylic acids is 1. The summed E-state index contributed by atoms with van der Waals surface area (Å²) in [6.45, 7) is 5.98. The molecule has 0 saturated carbocycles. The average molecular weight is 270 g/mol. The minimum atomic E-state index is -0.946. The molecule has 19 heavy (non-hydrogen) atoms. The fourth-order valence-corrected chi connectivity index (χ4v) is 2.40. The van der Waals surface area contributed by atoms with Gasteiger partial charge in [-0.15, -0.1) is 0 Å². The summed E-state index contributed by atoms with van der Waals surface area (Å²) in [5.41, 5.74) is 0. The monoisotopic (exact) mass is 270 g/mol. The third-order valence-electron chi connectivity index (χ3n) is 3.86. The molecule has 1 fully saturated rings.